The van der Waals surface area contributed by atoms with Crippen LogP contribution in [0.5, 0.6) is 0 Å². The van der Waals surface area contributed by atoms with Crippen LogP contribution in [-0.4, -0.2) is 6.54 Å². The Morgan fingerprint density at radius 3 is 2.70 bits per heavy atom. The molecule has 0 spiro atoms. The summed E-state index contributed by atoms with van der Waals surface area (Å²) in [4.78, 5) is 0. The minimum Gasteiger partial charge on any atom is -0.310 e. The highest BCUT2D eigenvalue weighted by molar-refractivity contribution is 7.07. The molecule has 1 aromatic heterocycles. The summed E-state index contributed by atoms with van der Waals surface area (Å²) in [5.41, 5.74) is 4.43. The van der Waals surface area contributed by atoms with Crippen LogP contribution < -0.4 is 5.32 Å². The van der Waals surface area contributed by atoms with Gasteiger partial charge in [-0.25, -0.2) is 0 Å². The maximum absolute atomic E-state index is 3.73. The Balaban J connectivity index is 2.09. The Morgan fingerprint density at radius 2 is 2.00 bits per heavy atom. The zero-order chi connectivity index (χ0) is 14.2. The number of thiophene rings is 1. The standard InChI is InChI=1S/C18H25NS/c1-3-12-19-18(10-9-15-11-13-20-14-15)17-8-6-5-7-16(17)4-2/h5-8,11,13-14,18-19H,3-4,9-10,12H2,1-2H3. The van der Waals surface area contributed by atoms with E-state index in [1.165, 1.54) is 29.5 Å². The van der Waals surface area contributed by atoms with Crippen molar-refractivity contribution >= 4 is 11.3 Å². The van der Waals surface area contributed by atoms with Gasteiger partial charge in [-0.1, -0.05) is 38.1 Å². The minimum absolute atomic E-state index is 0.478. The van der Waals surface area contributed by atoms with Gasteiger partial charge in [0.25, 0.3) is 0 Å². The molecule has 0 fully saturated rings. The highest BCUT2D eigenvalue weighted by Gasteiger charge is 2.13. The Morgan fingerprint density at radius 1 is 1.15 bits per heavy atom. The van der Waals surface area contributed by atoms with Crippen molar-refractivity contribution in [3.8, 4) is 0 Å². The molecule has 1 N–H and O–H groups in total. The number of rotatable bonds is 8. The van der Waals surface area contributed by atoms with Crippen molar-refractivity contribution in [2.75, 3.05) is 6.54 Å². The molecule has 2 rings (SSSR count). The molecule has 0 aliphatic carbocycles. The van der Waals surface area contributed by atoms with Crippen molar-refractivity contribution < 1.29 is 0 Å². The molecule has 0 aliphatic heterocycles. The van der Waals surface area contributed by atoms with Gasteiger partial charge in [-0.2, -0.15) is 11.3 Å². The molecule has 0 aliphatic rings. The smallest absolute Gasteiger partial charge is 0.0326 e. The molecule has 2 aromatic rings. The lowest BCUT2D eigenvalue weighted by atomic mass is 9.94. The number of hydrogen-bond donors (Lipinski definition) is 1. The van der Waals surface area contributed by atoms with E-state index in [0.29, 0.717) is 6.04 Å². The molecule has 0 saturated heterocycles. The highest BCUT2D eigenvalue weighted by atomic mass is 32.1. The van der Waals surface area contributed by atoms with Gasteiger partial charge in [-0.15, -0.1) is 0 Å². The molecule has 20 heavy (non-hydrogen) atoms. The van der Waals surface area contributed by atoms with Crippen molar-refractivity contribution in [1.29, 1.82) is 0 Å². The monoisotopic (exact) mass is 287 g/mol. The van der Waals surface area contributed by atoms with Crippen molar-refractivity contribution in [1.82, 2.24) is 5.32 Å². The maximum atomic E-state index is 3.73. The van der Waals surface area contributed by atoms with E-state index in [9.17, 15) is 0 Å². The average Bonchev–Trinajstić information content (AvgIpc) is 3.01. The minimum atomic E-state index is 0.478. The van der Waals surface area contributed by atoms with Crippen LogP contribution in [0.2, 0.25) is 0 Å². The van der Waals surface area contributed by atoms with Crippen LogP contribution in [0.1, 0.15) is 49.4 Å². The fourth-order valence-corrected chi connectivity index (χ4v) is 3.33. The van der Waals surface area contributed by atoms with Crippen molar-refractivity contribution in [2.24, 2.45) is 0 Å². The summed E-state index contributed by atoms with van der Waals surface area (Å²) in [6.07, 6.45) is 4.62. The normalized spacial score (nSPS) is 12.5. The van der Waals surface area contributed by atoms with Crippen molar-refractivity contribution in [3.05, 3.63) is 57.8 Å². The molecule has 108 valence electrons. The van der Waals surface area contributed by atoms with Crippen LogP contribution in [0, 0.1) is 0 Å². The molecule has 0 radical (unpaired) electrons. The third kappa shape index (κ3) is 4.19. The van der Waals surface area contributed by atoms with Gasteiger partial charge in [0.15, 0.2) is 0 Å². The van der Waals surface area contributed by atoms with Gasteiger partial charge in [0.05, 0.1) is 0 Å². The molecule has 1 atom stereocenters. The zero-order valence-electron chi connectivity index (χ0n) is 12.6. The average molecular weight is 287 g/mol. The number of nitrogens with one attached hydrogen (secondary N) is 1. The lowest BCUT2D eigenvalue weighted by molar-refractivity contribution is 0.496. The van der Waals surface area contributed by atoms with Crippen molar-refractivity contribution in [2.45, 2.75) is 45.6 Å². The van der Waals surface area contributed by atoms with Gasteiger partial charge < -0.3 is 5.32 Å². The first-order valence-corrected chi connectivity index (χ1v) is 8.61. The van der Waals surface area contributed by atoms with E-state index >= 15 is 0 Å². The van der Waals surface area contributed by atoms with E-state index in [2.05, 4.69) is 60.3 Å². The Hall–Kier alpha value is -1.12. The lowest BCUT2D eigenvalue weighted by Gasteiger charge is -2.21. The third-order valence-electron chi connectivity index (χ3n) is 3.75. The summed E-state index contributed by atoms with van der Waals surface area (Å²) < 4.78 is 0. The van der Waals surface area contributed by atoms with Crippen LogP contribution in [0.4, 0.5) is 0 Å². The quantitative estimate of drug-likeness (QED) is 0.721. The second-order valence-electron chi connectivity index (χ2n) is 5.23. The molecule has 0 bridgehead atoms. The fraction of sp³-hybridized carbons (Fsp3) is 0.444. The Kier molecular flexibility index (Phi) is 6.28. The topological polar surface area (TPSA) is 12.0 Å². The van der Waals surface area contributed by atoms with Crippen LogP contribution >= 0.6 is 11.3 Å². The molecule has 2 heteroatoms. The molecule has 0 amide bonds. The summed E-state index contributed by atoms with van der Waals surface area (Å²) in [5, 5.41) is 8.16. The van der Waals surface area contributed by atoms with E-state index in [4.69, 9.17) is 0 Å². The zero-order valence-corrected chi connectivity index (χ0v) is 13.4. The van der Waals surface area contributed by atoms with E-state index in [1.807, 2.05) is 0 Å². The Bertz CT molecular complexity index is 490. The van der Waals surface area contributed by atoms with Gasteiger partial charge in [-0.3, -0.25) is 0 Å². The fourth-order valence-electron chi connectivity index (χ4n) is 2.63. The molecule has 1 nitrogen and oxygen atoms in total. The van der Waals surface area contributed by atoms with Crippen LogP contribution in [-0.2, 0) is 12.8 Å². The van der Waals surface area contributed by atoms with Crippen LogP contribution in [0.3, 0.4) is 0 Å². The van der Waals surface area contributed by atoms with E-state index < -0.39 is 0 Å². The molecule has 0 saturated carbocycles. The first-order valence-electron chi connectivity index (χ1n) is 7.67. The van der Waals surface area contributed by atoms with Gasteiger partial charge in [0, 0.05) is 6.04 Å². The summed E-state index contributed by atoms with van der Waals surface area (Å²) in [6, 6.07) is 11.6. The van der Waals surface area contributed by atoms with Gasteiger partial charge in [0.2, 0.25) is 0 Å². The molecule has 1 aromatic carbocycles. The summed E-state index contributed by atoms with van der Waals surface area (Å²) in [7, 11) is 0. The molecule has 1 unspecified atom stereocenters. The predicted molar refractivity (Wildman–Crippen MR) is 89.5 cm³/mol. The highest BCUT2D eigenvalue weighted by Crippen LogP contribution is 2.24. The third-order valence-corrected chi connectivity index (χ3v) is 4.49. The molecular formula is C18H25NS. The number of aryl methyl sites for hydroxylation is 2. The summed E-state index contributed by atoms with van der Waals surface area (Å²) in [6.45, 7) is 5.57. The lowest BCUT2D eigenvalue weighted by Crippen LogP contribution is -2.23. The first kappa shape index (κ1) is 15.3. The SMILES string of the molecule is CCCNC(CCc1ccsc1)c1ccccc1CC. The second-order valence-corrected chi connectivity index (χ2v) is 6.01. The van der Waals surface area contributed by atoms with Crippen LogP contribution in [0.15, 0.2) is 41.1 Å². The first-order chi connectivity index (χ1) is 9.85. The predicted octanol–water partition coefficient (Wildman–Crippen LogP) is 4.98. The summed E-state index contributed by atoms with van der Waals surface area (Å²) in [5.74, 6) is 0. The number of benzene rings is 1. The van der Waals surface area contributed by atoms with E-state index in [1.54, 1.807) is 11.3 Å². The number of hydrogen-bond acceptors (Lipinski definition) is 2. The maximum Gasteiger partial charge on any atom is 0.0326 e. The molecule has 1 heterocycles. The van der Waals surface area contributed by atoms with E-state index in [-0.39, 0.29) is 0 Å². The summed E-state index contributed by atoms with van der Waals surface area (Å²) >= 11 is 1.79. The Labute approximate surface area is 127 Å². The van der Waals surface area contributed by atoms with Gasteiger partial charge >= 0.3 is 0 Å². The van der Waals surface area contributed by atoms with Crippen LogP contribution in [0.25, 0.3) is 0 Å². The van der Waals surface area contributed by atoms with Gasteiger partial charge in [0.1, 0.15) is 0 Å². The van der Waals surface area contributed by atoms with Crippen molar-refractivity contribution in [3.63, 3.8) is 0 Å². The van der Waals surface area contributed by atoms with E-state index in [0.717, 1.165) is 19.4 Å². The second kappa shape index (κ2) is 8.23. The largest absolute Gasteiger partial charge is 0.310 e. The molecular weight excluding hydrogens is 262 g/mol. The van der Waals surface area contributed by atoms with Gasteiger partial charge in [-0.05, 0) is 65.7 Å².